The van der Waals surface area contributed by atoms with Crippen molar-refractivity contribution in [2.75, 3.05) is 5.32 Å². The Morgan fingerprint density at radius 1 is 1.57 bits per heavy atom. The number of hydrogen-bond acceptors (Lipinski definition) is 3. The summed E-state index contributed by atoms with van der Waals surface area (Å²) in [6, 6.07) is 4.78. The summed E-state index contributed by atoms with van der Waals surface area (Å²) in [7, 11) is 0. The Balaban J connectivity index is 2.27. The highest BCUT2D eigenvalue weighted by atomic mass is 16.3. The lowest BCUT2D eigenvalue weighted by Crippen LogP contribution is -2.38. The third-order valence-corrected chi connectivity index (χ3v) is 2.46. The molecular weight excluding hydrogens is 180 g/mol. The van der Waals surface area contributed by atoms with Gasteiger partial charge in [0.15, 0.2) is 0 Å². The van der Waals surface area contributed by atoms with Gasteiger partial charge in [0.25, 0.3) is 0 Å². The van der Waals surface area contributed by atoms with Crippen molar-refractivity contribution in [3.63, 3.8) is 0 Å². The van der Waals surface area contributed by atoms with Crippen LogP contribution in [0.1, 0.15) is 12.0 Å². The van der Waals surface area contributed by atoms with Crippen molar-refractivity contribution in [1.82, 2.24) is 0 Å². The molecule has 1 aromatic rings. The van der Waals surface area contributed by atoms with Crippen molar-refractivity contribution in [1.29, 1.82) is 0 Å². The van der Waals surface area contributed by atoms with Crippen LogP contribution in [0.15, 0.2) is 18.2 Å². The highest BCUT2D eigenvalue weighted by Gasteiger charge is 2.21. The van der Waals surface area contributed by atoms with Gasteiger partial charge in [-0.15, -0.1) is 0 Å². The molecule has 14 heavy (non-hydrogen) atoms. The van der Waals surface area contributed by atoms with Gasteiger partial charge in [0.1, 0.15) is 11.8 Å². The third kappa shape index (κ3) is 1.51. The average Bonchev–Trinajstić information content (AvgIpc) is 2.16. The molecule has 1 aromatic carbocycles. The fourth-order valence-electron chi connectivity index (χ4n) is 1.70. The van der Waals surface area contributed by atoms with E-state index >= 15 is 0 Å². The number of phenolic OH excluding ortho intramolecular Hbond substituents is 1. The number of phenols is 1. The molecule has 0 aliphatic carbocycles. The van der Waals surface area contributed by atoms with E-state index in [1.54, 1.807) is 18.2 Å². The lowest BCUT2D eigenvalue weighted by molar-refractivity contribution is -0.118. The molecule has 74 valence electrons. The van der Waals surface area contributed by atoms with Gasteiger partial charge >= 0.3 is 0 Å². The standard InChI is InChI=1S/C10H12N2O2/c11-10(14)9-3-1-6-5-7(13)2-4-8(6)12-9/h2,4-5,9,12-13H,1,3H2,(H2,11,14). The maximum atomic E-state index is 10.9. The van der Waals surface area contributed by atoms with E-state index in [2.05, 4.69) is 5.32 Å². The lowest BCUT2D eigenvalue weighted by Gasteiger charge is -2.24. The minimum Gasteiger partial charge on any atom is -0.508 e. The zero-order valence-corrected chi connectivity index (χ0v) is 7.66. The van der Waals surface area contributed by atoms with Crippen molar-refractivity contribution in [2.24, 2.45) is 5.73 Å². The number of aromatic hydroxyl groups is 1. The van der Waals surface area contributed by atoms with E-state index in [1.807, 2.05) is 0 Å². The van der Waals surface area contributed by atoms with Crippen LogP contribution in [-0.2, 0) is 11.2 Å². The summed E-state index contributed by atoms with van der Waals surface area (Å²) in [5.74, 6) is -0.0770. The SMILES string of the molecule is NC(=O)C1CCc2cc(O)ccc2N1. The zero-order valence-electron chi connectivity index (χ0n) is 7.66. The number of hydrogen-bond donors (Lipinski definition) is 3. The molecule has 0 spiro atoms. The number of nitrogens with one attached hydrogen (secondary N) is 1. The van der Waals surface area contributed by atoms with Crippen molar-refractivity contribution in [3.05, 3.63) is 23.8 Å². The van der Waals surface area contributed by atoms with E-state index in [9.17, 15) is 9.90 Å². The Hall–Kier alpha value is -1.71. The first kappa shape index (κ1) is 8.87. The summed E-state index contributed by atoms with van der Waals surface area (Å²) in [5.41, 5.74) is 7.12. The molecule has 0 saturated carbocycles. The minimum absolute atomic E-state index is 0.253. The lowest BCUT2D eigenvalue weighted by atomic mass is 9.97. The number of aryl methyl sites for hydroxylation is 1. The summed E-state index contributed by atoms with van der Waals surface area (Å²) in [6.07, 6.45) is 1.45. The topological polar surface area (TPSA) is 75.4 Å². The van der Waals surface area contributed by atoms with E-state index in [1.165, 1.54) is 0 Å². The molecule has 0 radical (unpaired) electrons. The summed E-state index contributed by atoms with van der Waals surface area (Å²) in [5, 5.41) is 12.3. The predicted molar refractivity (Wildman–Crippen MR) is 53.0 cm³/mol. The Morgan fingerprint density at radius 3 is 3.07 bits per heavy atom. The van der Waals surface area contributed by atoms with Crippen molar-refractivity contribution in [2.45, 2.75) is 18.9 Å². The highest BCUT2D eigenvalue weighted by molar-refractivity contribution is 5.84. The third-order valence-electron chi connectivity index (χ3n) is 2.46. The van der Waals surface area contributed by atoms with E-state index < -0.39 is 0 Å². The van der Waals surface area contributed by atoms with Crippen LogP contribution in [0, 0.1) is 0 Å². The number of carbonyl (C=O) groups is 1. The molecule has 1 heterocycles. The molecule has 0 bridgehead atoms. The van der Waals surface area contributed by atoms with Crippen LogP contribution in [0.4, 0.5) is 5.69 Å². The van der Waals surface area contributed by atoms with Gasteiger partial charge in [0.05, 0.1) is 0 Å². The first-order valence-corrected chi connectivity index (χ1v) is 4.54. The van der Waals surface area contributed by atoms with Gasteiger partial charge in [0, 0.05) is 5.69 Å². The zero-order chi connectivity index (χ0) is 10.1. The fraction of sp³-hybridized carbons (Fsp3) is 0.300. The molecule has 2 rings (SSSR count). The quantitative estimate of drug-likeness (QED) is 0.570. The number of primary amides is 1. The Bertz CT molecular complexity index is 376. The molecule has 0 fully saturated rings. The van der Waals surface area contributed by atoms with E-state index in [-0.39, 0.29) is 17.7 Å². The van der Waals surface area contributed by atoms with E-state index in [0.29, 0.717) is 6.42 Å². The van der Waals surface area contributed by atoms with Gasteiger partial charge in [-0.25, -0.2) is 0 Å². The molecule has 1 aliphatic heterocycles. The van der Waals surface area contributed by atoms with Gasteiger partial charge in [-0.2, -0.15) is 0 Å². The monoisotopic (exact) mass is 192 g/mol. The Morgan fingerprint density at radius 2 is 2.36 bits per heavy atom. The molecule has 0 saturated heterocycles. The number of nitrogens with two attached hydrogens (primary N) is 1. The molecule has 1 amide bonds. The van der Waals surface area contributed by atoms with Crippen molar-refractivity contribution in [3.8, 4) is 5.75 Å². The second-order valence-electron chi connectivity index (χ2n) is 3.48. The summed E-state index contributed by atoms with van der Waals surface area (Å²) in [6.45, 7) is 0. The Kier molecular flexibility index (Phi) is 2.04. The molecule has 4 heteroatoms. The van der Waals surface area contributed by atoms with Crippen LogP contribution < -0.4 is 11.1 Å². The number of anilines is 1. The highest BCUT2D eigenvalue weighted by Crippen LogP contribution is 2.27. The molecule has 1 aliphatic rings. The average molecular weight is 192 g/mol. The minimum atomic E-state index is -0.330. The maximum Gasteiger partial charge on any atom is 0.239 e. The fourth-order valence-corrected chi connectivity index (χ4v) is 1.70. The number of rotatable bonds is 1. The molecule has 1 unspecified atom stereocenters. The summed E-state index contributed by atoms with van der Waals surface area (Å²) in [4.78, 5) is 10.9. The van der Waals surface area contributed by atoms with Gasteiger partial charge in [-0.1, -0.05) is 0 Å². The van der Waals surface area contributed by atoms with Crippen LogP contribution >= 0.6 is 0 Å². The number of amides is 1. The number of carbonyl (C=O) groups excluding carboxylic acids is 1. The first-order chi connectivity index (χ1) is 6.66. The molecule has 1 atom stereocenters. The number of fused-ring (bicyclic) bond motifs is 1. The van der Waals surface area contributed by atoms with E-state index in [4.69, 9.17) is 5.73 Å². The Labute approximate surface area is 81.7 Å². The first-order valence-electron chi connectivity index (χ1n) is 4.54. The van der Waals surface area contributed by atoms with Crippen molar-refractivity contribution < 1.29 is 9.90 Å². The van der Waals surface area contributed by atoms with Crippen LogP contribution in [0.3, 0.4) is 0 Å². The van der Waals surface area contributed by atoms with Gasteiger partial charge < -0.3 is 16.2 Å². The second kappa shape index (κ2) is 3.21. The van der Waals surface area contributed by atoms with E-state index in [0.717, 1.165) is 17.7 Å². The molecule has 4 nitrogen and oxygen atoms in total. The van der Waals surface area contributed by atoms with Crippen LogP contribution in [-0.4, -0.2) is 17.1 Å². The molecule has 4 N–H and O–H groups in total. The molecule has 0 aromatic heterocycles. The van der Waals surface area contributed by atoms with Crippen LogP contribution in [0.2, 0.25) is 0 Å². The van der Waals surface area contributed by atoms with Crippen LogP contribution in [0.25, 0.3) is 0 Å². The smallest absolute Gasteiger partial charge is 0.239 e. The van der Waals surface area contributed by atoms with Gasteiger partial charge in [0.2, 0.25) is 5.91 Å². The number of benzene rings is 1. The van der Waals surface area contributed by atoms with Crippen LogP contribution in [0.5, 0.6) is 5.75 Å². The predicted octanol–water partition coefficient (Wildman–Crippen LogP) is 0.604. The van der Waals surface area contributed by atoms with Gasteiger partial charge in [-0.3, -0.25) is 4.79 Å². The maximum absolute atomic E-state index is 10.9. The largest absolute Gasteiger partial charge is 0.508 e. The second-order valence-corrected chi connectivity index (χ2v) is 3.48. The normalized spacial score (nSPS) is 19.6. The van der Waals surface area contributed by atoms with Crippen molar-refractivity contribution >= 4 is 11.6 Å². The summed E-state index contributed by atoms with van der Waals surface area (Å²) < 4.78 is 0. The summed E-state index contributed by atoms with van der Waals surface area (Å²) >= 11 is 0. The molecular formula is C10H12N2O2. The van der Waals surface area contributed by atoms with Gasteiger partial charge in [-0.05, 0) is 36.6 Å².